The van der Waals surface area contributed by atoms with Gasteiger partial charge in [0, 0.05) is 36.0 Å². The van der Waals surface area contributed by atoms with E-state index < -0.39 is 11.9 Å². The molecule has 0 bridgehead atoms. The molecule has 1 amide bonds. The average Bonchev–Trinajstić information content (AvgIpc) is 2.72. The Balaban J connectivity index is 0.000000300. The van der Waals surface area contributed by atoms with Crippen LogP contribution >= 0.6 is 11.8 Å². The molecule has 1 saturated heterocycles. The predicted octanol–water partition coefficient (Wildman–Crippen LogP) is 1.66. The lowest BCUT2D eigenvalue weighted by molar-refractivity contribution is -0.120. The minimum absolute atomic E-state index is 0.146. The van der Waals surface area contributed by atoms with Crippen LogP contribution in [0.2, 0.25) is 0 Å². The Morgan fingerprint density at radius 3 is 2.25 bits per heavy atom. The standard InChI is InChI=1S/C14H17N3O2S.C5H12N2O/c1-18-12-7-10-11(8-13(12)19-2)15-9-16-14(10)17-3-5-20-6-4-17;1-3(2)4(6)5(7)8/h7-9H,3-6H2,1-2H3;3-4H,6H2,1-2H3,(H2,7,8). The Morgan fingerprint density at radius 1 is 1.14 bits per heavy atom. The highest BCUT2D eigenvalue weighted by Gasteiger charge is 2.17. The van der Waals surface area contributed by atoms with Gasteiger partial charge in [-0.3, -0.25) is 4.79 Å². The number of carbonyl (C=O) groups is 1. The molecule has 9 heteroatoms. The number of hydrogen-bond acceptors (Lipinski definition) is 8. The van der Waals surface area contributed by atoms with E-state index in [-0.39, 0.29) is 5.92 Å². The molecule has 1 aromatic heterocycles. The van der Waals surface area contributed by atoms with Crippen molar-refractivity contribution in [1.29, 1.82) is 0 Å². The molecule has 0 aliphatic carbocycles. The van der Waals surface area contributed by atoms with E-state index in [2.05, 4.69) is 14.9 Å². The van der Waals surface area contributed by atoms with Crippen molar-refractivity contribution in [1.82, 2.24) is 9.97 Å². The number of thioether (sulfide) groups is 1. The summed E-state index contributed by atoms with van der Waals surface area (Å²) in [6, 6.07) is 3.37. The number of nitrogens with two attached hydrogens (primary N) is 2. The normalized spacial score (nSPS) is 15.0. The average molecular weight is 408 g/mol. The van der Waals surface area contributed by atoms with Gasteiger partial charge in [0.1, 0.15) is 12.1 Å². The van der Waals surface area contributed by atoms with E-state index in [1.54, 1.807) is 20.5 Å². The second-order valence-corrected chi connectivity index (χ2v) is 7.92. The number of rotatable bonds is 5. The highest BCUT2D eigenvalue weighted by molar-refractivity contribution is 7.99. The van der Waals surface area contributed by atoms with Crippen molar-refractivity contribution in [3.8, 4) is 11.5 Å². The van der Waals surface area contributed by atoms with Gasteiger partial charge in [0.15, 0.2) is 11.5 Å². The van der Waals surface area contributed by atoms with Crippen LogP contribution in [0.1, 0.15) is 13.8 Å². The van der Waals surface area contributed by atoms with Crippen LogP contribution < -0.4 is 25.8 Å². The van der Waals surface area contributed by atoms with Crippen LogP contribution in [0, 0.1) is 5.92 Å². The van der Waals surface area contributed by atoms with Crippen molar-refractivity contribution in [2.24, 2.45) is 17.4 Å². The van der Waals surface area contributed by atoms with Crippen LogP contribution in [0.5, 0.6) is 11.5 Å². The third-order valence-electron chi connectivity index (χ3n) is 4.48. The zero-order valence-corrected chi connectivity index (χ0v) is 17.7. The number of ether oxygens (including phenoxy) is 2. The minimum atomic E-state index is -0.491. The highest BCUT2D eigenvalue weighted by Crippen LogP contribution is 2.35. The smallest absolute Gasteiger partial charge is 0.234 e. The van der Waals surface area contributed by atoms with Gasteiger partial charge >= 0.3 is 0 Å². The molecular weight excluding hydrogens is 378 g/mol. The first-order chi connectivity index (χ1) is 13.4. The maximum Gasteiger partial charge on any atom is 0.234 e. The SMILES string of the molecule is CC(C)C(N)C(N)=O.COc1cc2ncnc(N3CCSCC3)c2cc1OC. The van der Waals surface area contributed by atoms with Crippen molar-refractivity contribution in [3.63, 3.8) is 0 Å². The fourth-order valence-electron chi connectivity index (χ4n) is 2.73. The van der Waals surface area contributed by atoms with Crippen LogP contribution in [0.3, 0.4) is 0 Å². The number of amides is 1. The van der Waals surface area contributed by atoms with Gasteiger partial charge in [-0.1, -0.05) is 13.8 Å². The third-order valence-corrected chi connectivity index (χ3v) is 5.42. The fourth-order valence-corrected chi connectivity index (χ4v) is 3.63. The molecule has 0 spiro atoms. The number of nitrogens with zero attached hydrogens (tertiary/aromatic N) is 3. The van der Waals surface area contributed by atoms with Crippen molar-refractivity contribution >= 4 is 34.4 Å². The molecular formula is C19H29N5O3S. The van der Waals surface area contributed by atoms with Gasteiger partial charge in [-0.05, 0) is 12.0 Å². The number of carbonyl (C=O) groups excluding carboxylic acids is 1. The van der Waals surface area contributed by atoms with Crippen molar-refractivity contribution in [2.45, 2.75) is 19.9 Å². The number of methoxy groups -OCH3 is 2. The summed E-state index contributed by atoms with van der Waals surface area (Å²) in [5.41, 5.74) is 11.0. The highest BCUT2D eigenvalue weighted by atomic mass is 32.2. The number of primary amides is 1. The number of fused-ring (bicyclic) bond motifs is 1. The molecule has 2 heterocycles. The molecule has 1 aromatic carbocycles. The number of aromatic nitrogens is 2. The second kappa shape index (κ2) is 10.3. The molecule has 1 aliphatic rings. The lowest BCUT2D eigenvalue weighted by Crippen LogP contribution is -2.40. The van der Waals surface area contributed by atoms with E-state index in [1.807, 2.05) is 37.7 Å². The predicted molar refractivity (Wildman–Crippen MR) is 114 cm³/mol. The zero-order chi connectivity index (χ0) is 20.7. The molecule has 1 unspecified atom stereocenters. The van der Waals surface area contributed by atoms with Crippen molar-refractivity contribution in [3.05, 3.63) is 18.5 Å². The minimum Gasteiger partial charge on any atom is -0.493 e. The maximum atomic E-state index is 10.2. The lowest BCUT2D eigenvalue weighted by atomic mass is 10.1. The molecule has 8 nitrogen and oxygen atoms in total. The summed E-state index contributed by atoms with van der Waals surface area (Å²) in [5.74, 6) is 4.38. The Hall–Kier alpha value is -2.26. The van der Waals surface area contributed by atoms with E-state index >= 15 is 0 Å². The van der Waals surface area contributed by atoms with E-state index in [9.17, 15) is 4.79 Å². The monoisotopic (exact) mass is 407 g/mol. The van der Waals surface area contributed by atoms with Crippen molar-refractivity contribution in [2.75, 3.05) is 43.7 Å². The Labute approximate surface area is 170 Å². The number of hydrogen-bond donors (Lipinski definition) is 2. The van der Waals surface area contributed by atoms with Crippen molar-refractivity contribution < 1.29 is 14.3 Å². The molecule has 28 heavy (non-hydrogen) atoms. The first kappa shape index (κ1) is 22.0. The molecule has 154 valence electrons. The van der Waals surface area contributed by atoms with Gasteiger partial charge < -0.3 is 25.8 Å². The van der Waals surface area contributed by atoms with E-state index in [0.717, 1.165) is 41.3 Å². The Kier molecular flexibility index (Phi) is 8.13. The third kappa shape index (κ3) is 5.39. The van der Waals surface area contributed by atoms with E-state index in [1.165, 1.54) is 0 Å². The summed E-state index contributed by atoms with van der Waals surface area (Å²) < 4.78 is 10.7. The molecule has 1 fully saturated rings. The summed E-state index contributed by atoms with van der Waals surface area (Å²) in [6.45, 7) is 5.75. The molecule has 0 saturated carbocycles. The van der Waals surface area contributed by atoms with Gasteiger partial charge in [-0.15, -0.1) is 0 Å². The maximum absolute atomic E-state index is 10.2. The van der Waals surface area contributed by atoms with Crippen LogP contribution in [0.25, 0.3) is 10.9 Å². The van der Waals surface area contributed by atoms with Crippen LogP contribution in [0.15, 0.2) is 18.5 Å². The Bertz CT molecular complexity index is 796. The van der Waals surface area contributed by atoms with Crippen LogP contribution in [-0.2, 0) is 4.79 Å². The van der Waals surface area contributed by atoms with Gasteiger partial charge in [-0.25, -0.2) is 9.97 Å². The van der Waals surface area contributed by atoms with Gasteiger partial charge in [0.05, 0.1) is 25.8 Å². The fraction of sp³-hybridized carbons (Fsp3) is 0.526. The summed E-state index contributed by atoms with van der Waals surface area (Å²) in [7, 11) is 3.28. The summed E-state index contributed by atoms with van der Waals surface area (Å²) in [6.07, 6.45) is 1.62. The van der Waals surface area contributed by atoms with Crippen LogP contribution in [-0.4, -0.2) is 60.7 Å². The largest absolute Gasteiger partial charge is 0.493 e. The molecule has 2 aromatic rings. The summed E-state index contributed by atoms with van der Waals surface area (Å²) in [4.78, 5) is 21.4. The topological polar surface area (TPSA) is 117 Å². The molecule has 4 N–H and O–H groups in total. The van der Waals surface area contributed by atoms with Gasteiger partial charge in [-0.2, -0.15) is 11.8 Å². The number of anilines is 1. The van der Waals surface area contributed by atoms with E-state index in [4.69, 9.17) is 20.9 Å². The lowest BCUT2D eigenvalue weighted by Gasteiger charge is -2.28. The van der Waals surface area contributed by atoms with Crippen LogP contribution in [0.4, 0.5) is 5.82 Å². The first-order valence-corrected chi connectivity index (χ1v) is 10.3. The van der Waals surface area contributed by atoms with Gasteiger partial charge in [0.2, 0.25) is 5.91 Å². The summed E-state index contributed by atoms with van der Waals surface area (Å²) in [5, 5.41) is 1.01. The quantitative estimate of drug-likeness (QED) is 0.768. The number of benzene rings is 1. The molecule has 0 radical (unpaired) electrons. The zero-order valence-electron chi connectivity index (χ0n) is 16.8. The summed E-state index contributed by atoms with van der Waals surface area (Å²) >= 11 is 1.98. The van der Waals surface area contributed by atoms with Gasteiger partial charge in [0.25, 0.3) is 0 Å². The molecule has 1 atom stereocenters. The Morgan fingerprint density at radius 2 is 1.75 bits per heavy atom. The molecule has 1 aliphatic heterocycles. The molecule has 3 rings (SSSR count). The van der Waals surface area contributed by atoms with E-state index in [0.29, 0.717) is 11.5 Å². The first-order valence-electron chi connectivity index (χ1n) is 9.13. The second-order valence-electron chi connectivity index (χ2n) is 6.69.